The van der Waals surface area contributed by atoms with Gasteiger partial charge in [-0.25, -0.2) is 4.39 Å². The molecule has 0 heterocycles. The highest BCUT2D eigenvalue weighted by Crippen LogP contribution is 2.26. The minimum Gasteiger partial charge on any atom is -0.484 e. The van der Waals surface area contributed by atoms with Gasteiger partial charge in [-0.2, -0.15) is 0 Å². The molecular formula is C23H28ClFN2O3. The third-order valence-electron chi connectivity index (χ3n) is 4.64. The van der Waals surface area contributed by atoms with Crippen molar-refractivity contribution in [3.8, 4) is 5.75 Å². The molecular weight excluding hydrogens is 407 g/mol. The first-order valence-electron chi connectivity index (χ1n) is 9.82. The monoisotopic (exact) mass is 434 g/mol. The number of carbonyl (C=O) groups excluding carboxylic acids is 2. The summed E-state index contributed by atoms with van der Waals surface area (Å²) in [6.45, 7) is 9.02. The van der Waals surface area contributed by atoms with Crippen molar-refractivity contribution < 1.29 is 18.7 Å². The van der Waals surface area contributed by atoms with Gasteiger partial charge in [0.2, 0.25) is 5.91 Å². The number of amides is 2. The highest BCUT2D eigenvalue weighted by molar-refractivity contribution is 6.32. The largest absolute Gasteiger partial charge is 0.484 e. The lowest BCUT2D eigenvalue weighted by atomic mass is 10.1. The van der Waals surface area contributed by atoms with Crippen molar-refractivity contribution in [1.82, 2.24) is 10.2 Å². The molecule has 0 radical (unpaired) electrons. The van der Waals surface area contributed by atoms with Crippen molar-refractivity contribution in [2.45, 2.75) is 53.2 Å². The molecule has 162 valence electrons. The Bertz CT molecular complexity index is 877. The number of ether oxygens (including phenoxy) is 1. The first kappa shape index (κ1) is 23.7. The minimum atomic E-state index is -0.720. The number of aryl methyl sites for hydroxylation is 2. The number of nitrogens with zero attached hydrogens (tertiary/aromatic N) is 1. The molecule has 2 aromatic rings. The summed E-state index contributed by atoms with van der Waals surface area (Å²) in [4.78, 5) is 26.9. The van der Waals surface area contributed by atoms with Gasteiger partial charge in [0.1, 0.15) is 17.6 Å². The number of benzene rings is 2. The van der Waals surface area contributed by atoms with Gasteiger partial charge in [-0.15, -0.1) is 0 Å². The van der Waals surface area contributed by atoms with Crippen LogP contribution in [0.4, 0.5) is 4.39 Å². The maximum Gasteiger partial charge on any atom is 0.261 e. The summed E-state index contributed by atoms with van der Waals surface area (Å²) < 4.78 is 18.9. The average molecular weight is 435 g/mol. The van der Waals surface area contributed by atoms with Gasteiger partial charge < -0.3 is 15.0 Å². The highest BCUT2D eigenvalue weighted by atomic mass is 35.5. The molecule has 0 bridgehead atoms. The maximum absolute atomic E-state index is 13.2. The highest BCUT2D eigenvalue weighted by Gasteiger charge is 2.27. The number of halogens is 2. The lowest BCUT2D eigenvalue weighted by Gasteiger charge is -2.29. The van der Waals surface area contributed by atoms with Crippen LogP contribution in [0.5, 0.6) is 5.75 Å². The van der Waals surface area contributed by atoms with Crippen LogP contribution in [0.3, 0.4) is 0 Å². The molecule has 0 unspecified atom stereocenters. The molecule has 0 spiro atoms. The molecule has 1 atom stereocenters. The van der Waals surface area contributed by atoms with Crippen molar-refractivity contribution in [3.05, 3.63) is 63.9 Å². The zero-order chi connectivity index (χ0) is 22.4. The Morgan fingerprint density at radius 3 is 2.20 bits per heavy atom. The molecule has 2 rings (SSSR count). The Labute approximate surface area is 182 Å². The number of nitrogens with one attached hydrogen (secondary N) is 1. The topological polar surface area (TPSA) is 58.6 Å². The quantitative estimate of drug-likeness (QED) is 0.669. The van der Waals surface area contributed by atoms with E-state index in [1.807, 2.05) is 27.7 Å². The number of carbonyl (C=O) groups is 2. The van der Waals surface area contributed by atoms with Gasteiger partial charge in [-0.3, -0.25) is 9.59 Å². The first-order chi connectivity index (χ1) is 14.1. The second-order valence-corrected chi connectivity index (χ2v) is 8.03. The van der Waals surface area contributed by atoms with Gasteiger partial charge in [0.05, 0.1) is 0 Å². The van der Waals surface area contributed by atoms with E-state index in [4.69, 9.17) is 16.3 Å². The van der Waals surface area contributed by atoms with Crippen LogP contribution in [-0.4, -0.2) is 35.4 Å². The van der Waals surface area contributed by atoms with Crippen LogP contribution >= 0.6 is 11.6 Å². The Morgan fingerprint density at radius 1 is 1.10 bits per heavy atom. The smallest absolute Gasteiger partial charge is 0.261 e. The molecule has 0 aliphatic heterocycles. The van der Waals surface area contributed by atoms with Crippen molar-refractivity contribution in [2.75, 3.05) is 6.61 Å². The van der Waals surface area contributed by atoms with Crippen LogP contribution < -0.4 is 10.1 Å². The van der Waals surface area contributed by atoms with Crippen molar-refractivity contribution >= 4 is 23.4 Å². The zero-order valence-corrected chi connectivity index (χ0v) is 18.7. The van der Waals surface area contributed by atoms with E-state index in [1.165, 1.54) is 17.0 Å². The van der Waals surface area contributed by atoms with Gasteiger partial charge >= 0.3 is 0 Å². The number of rotatable bonds is 8. The van der Waals surface area contributed by atoms with E-state index in [9.17, 15) is 14.0 Å². The third kappa shape index (κ3) is 6.46. The van der Waals surface area contributed by atoms with E-state index in [1.54, 1.807) is 31.2 Å². The fourth-order valence-electron chi connectivity index (χ4n) is 2.99. The fourth-order valence-corrected chi connectivity index (χ4v) is 3.10. The van der Waals surface area contributed by atoms with E-state index < -0.39 is 6.04 Å². The Balaban J connectivity index is 2.18. The van der Waals surface area contributed by atoms with E-state index in [0.29, 0.717) is 16.3 Å². The molecule has 0 saturated heterocycles. The normalized spacial score (nSPS) is 11.9. The lowest BCUT2D eigenvalue weighted by molar-refractivity contribution is -0.142. The predicted octanol–water partition coefficient (Wildman–Crippen LogP) is 4.42. The van der Waals surface area contributed by atoms with E-state index >= 15 is 0 Å². The molecule has 30 heavy (non-hydrogen) atoms. The van der Waals surface area contributed by atoms with Crippen LogP contribution in [0, 0.1) is 19.7 Å². The second kappa shape index (κ2) is 10.4. The predicted molar refractivity (Wildman–Crippen MR) is 116 cm³/mol. The van der Waals surface area contributed by atoms with Crippen molar-refractivity contribution in [1.29, 1.82) is 0 Å². The molecule has 7 heteroatoms. The summed E-state index contributed by atoms with van der Waals surface area (Å²) in [6.07, 6.45) is 0. The standard InChI is InChI=1S/C23H28ClFN2O3/c1-14(2)26-23(29)17(5)27(12-18-6-8-19(25)9-7-18)21(28)13-30-20-10-15(3)22(24)16(4)11-20/h6-11,14,17H,12-13H2,1-5H3,(H,26,29)/t17-/m0/s1. The van der Waals surface area contributed by atoms with E-state index in [-0.39, 0.29) is 36.8 Å². The van der Waals surface area contributed by atoms with Crippen LogP contribution in [0.1, 0.15) is 37.5 Å². The van der Waals surface area contributed by atoms with Gasteiger partial charge in [0, 0.05) is 17.6 Å². The minimum absolute atomic E-state index is 0.0565. The summed E-state index contributed by atoms with van der Waals surface area (Å²) in [5.74, 6) is -0.447. The second-order valence-electron chi connectivity index (χ2n) is 7.65. The van der Waals surface area contributed by atoms with Gasteiger partial charge in [0.15, 0.2) is 6.61 Å². The molecule has 0 aliphatic rings. The molecule has 0 aliphatic carbocycles. The first-order valence-corrected chi connectivity index (χ1v) is 10.2. The SMILES string of the molecule is Cc1cc(OCC(=O)N(Cc2ccc(F)cc2)[C@@H](C)C(=O)NC(C)C)cc(C)c1Cl. The van der Waals surface area contributed by atoms with E-state index in [0.717, 1.165) is 11.1 Å². The van der Waals surface area contributed by atoms with E-state index in [2.05, 4.69) is 5.32 Å². The fraction of sp³-hybridized carbons (Fsp3) is 0.391. The Morgan fingerprint density at radius 2 is 1.67 bits per heavy atom. The van der Waals surface area contributed by atoms with Gasteiger partial charge in [-0.1, -0.05) is 23.7 Å². The van der Waals surface area contributed by atoms with Crippen LogP contribution in [-0.2, 0) is 16.1 Å². The van der Waals surface area contributed by atoms with Crippen molar-refractivity contribution in [3.63, 3.8) is 0 Å². The number of hydrogen-bond donors (Lipinski definition) is 1. The van der Waals surface area contributed by atoms with Crippen molar-refractivity contribution in [2.24, 2.45) is 0 Å². The summed E-state index contributed by atoms with van der Waals surface area (Å²) >= 11 is 6.18. The molecule has 1 N–H and O–H groups in total. The maximum atomic E-state index is 13.2. The lowest BCUT2D eigenvalue weighted by Crippen LogP contribution is -2.50. The number of hydrogen-bond acceptors (Lipinski definition) is 3. The molecule has 2 amide bonds. The average Bonchev–Trinajstić information content (AvgIpc) is 2.68. The summed E-state index contributed by atoms with van der Waals surface area (Å²) in [5, 5.41) is 3.48. The third-order valence-corrected chi connectivity index (χ3v) is 5.23. The van der Waals surface area contributed by atoms with Gasteiger partial charge in [0.25, 0.3) is 5.91 Å². The summed E-state index contributed by atoms with van der Waals surface area (Å²) in [6, 6.07) is 8.59. The Hall–Kier alpha value is -2.60. The van der Waals surface area contributed by atoms with Crippen LogP contribution in [0.15, 0.2) is 36.4 Å². The van der Waals surface area contributed by atoms with Crippen LogP contribution in [0.2, 0.25) is 5.02 Å². The van der Waals surface area contributed by atoms with Crippen LogP contribution in [0.25, 0.3) is 0 Å². The molecule has 2 aromatic carbocycles. The summed E-state index contributed by atoms with van der Waals surface area (Å²) in [7, 11) is 0. The molecule has 0 aromatic heterocycles. The molecule has 0 fully saturated rings. The van der Waals surface area contributed by atoms with Gasteiger partial charge in [-0.05, 0) is 75.6 Å². The summed E-state index contributed by atoms with van der Waals surface area (Å²) in [5.41, 5.74) is 2.42. The molecule has 0 saturated carbocycles. The zero-order valence-electron chi connectivity index (χ0n) is 18.0. The Kier molecular flexibility index (Phi) is 8.24. The molecule has 5 nitrogen and oxygen atoms in total.